The molecular weight excluding hydrogens is 436 g/mol. The van der Waals surface area contributed by atoms with Crippen molar-refractivity contribution in [3.63, 3.8) is 0 Å². The average molecular weight is 461 g/mol. The Morgan fingerprint density at radius 3 is 2.31 bits per heavy atom. The van der Waals surface area contributed by atoms with Crippen molar-refractivity contribution in [1.29, 1.82) is 0 Å². The first-order valence-electron chi connectivity index (χ1n) is 9.55. The molecule has 2 N–H and O–H groups in total. The van der Waals surface area contributed by atoms with E-state index >= 15 is 0 Å². The van der Waals surface area contributed by atoms with Crippen molar-refractivity contribution in [2.24, 2.45) is 0 Å². The Labute approximate surface area is 178 Å². The predicted octanol–water partition coefficient (Wildman–Crippen LogP) is 2.72. The molecule has 0 radical (unpaired) electrons. The highest BCUT2D eigenvalue weighted by atomic mass is 79.9. The fraction of sp³-hybridized carbons (Fsp3) is 0.400. The topological polar surface area (TPSA) is 90.5 Å². The standard InChI is InChI=1S/C20H25BrN6O2/c1-14-12-16(21)13-15(2)18(14)25-20(29)24-7-4-17(28)26-8-10-27(11-9-26)19-22-5-3-6-23-19/h3,5-6,12-13H,4,7-11H2,1-2H3,(H2,24,25,29). The zero-order valence-electron chi connectivity index (χ0n) is 16.6. The van der Waals surface area contributed by atoms with Crippen LogP contribution in [0.15, 0.2) is 35.1 Å². The van der Waals surface area contributed by atoms with E-state index < -0.39 is 0 Å². The van der Waals surface area contributed by atoms with Crippen molar-refractivity contribution in [2.75, 3.05) is 42.9 Å². The maximum absolute atomic E-state index is 12.4. The van der Waals surface area contributed by atoms with Gasteiger partial charge in [-0.2, -0.15) is 0 Å². The summed E-state index contributed by atoms with van der Waals surface area (Å²) in [7, 11) is 0. The first-order valence-corrected chi connectivity index (χ1v) is 10.3. The summed E-state index contributed by atoms with van der Waals surface area (Å²) < 4.78 is 0.975. The molecule has 2 aromatic rings. The fourth-order valence-electron chi connectivity index (χ4n) is 3.32. The van der Waals surface area contributed by atoms with Gasteiger partial charge in [0.1, 0.15) is 0 Å². The van der Waals surface area contributed by atoms with Crippen LogP contribution in [0.4, 0.5) is 16.4 Å². The lowest BCUT2D eigenvalue weighted by molar-refractivity contribution is -0.131. The summed E-state index contributed by atoms with van der Waals surface area (Å²) >= 11 is 3.45. The Bertz CT molecular complexity index is 846. The number of piperazine rings is 1. The van der Waals surface area contributed by atoms with Crippen LogP contribution in [0, 0.1) is 13.8 Å². The van der Waals surface area contributed by atoms with Gasteiger partial charge in [0.25, 0.3) is 0 Å². The van der Waals surface area contributed by atoms with Gasteiger partial charge in [0.2, 0.25) is 11.9 Å². The number of nitrogens with one attached hydrogen (secondary N) is 2. The van der Waals surface area contributed by atoms with Crippen molar-refractivity contribution in [3.8, 4) is 0 Å². The largest absolute Gasteiger partial charge is 0.339 e. The predicted molar refractivity (Wildman–Crippen MR) is 116 cm³/mol. The molecule has 1 fully saturated rings. The lowest BCUT2D eigenvalue weighted by atomic mass is 10.1. The average Bonchev–Trinajstić information content (AvgIpc) is 2.71. The zero-order valence-corrected chi connectivity index (χ0v) is 18.2. The third-order valence-corrected chi connectivity index (χ3v) is 5.29. The number of benzene rings is 1. The van der Waals surface area contributed by atoms with E-state index in [0.29, 0.717) is 38.7 Å². The van der Waals surface area contributed by atoms with Crippen LogP contribution in [0.1, 0.15) is 17.5 Å². The first-order chi connectivity index (χ1) is 13.9. The maximum Gasteiger partial charge on any atom is 0.319 e. The number of hydrogen-bond donors (Lipinski definition) is 2. The van der Waals surface area contributed by atoms with Gasteiger partial charge in [-0.15, -0.1) is 0 Å². The van der Waals surface area contributed by atoms with Crippen LogP contribution in [-0.2, 0) is 4.79 Å². The molecule has 3 rings (SSSR count). The molecule has 9 heteroatoms. The van der Waals surface area contributed by atoms with E-state index in [4.69, 9.17) is 0 Å². The fourth-order valence-corrected chi connectivity index (χ4v) is 4.00. The molecule has 0 aliphatic carbocycles. The van der Waals surface area contributed by atoms with Crippen LogP contribution in [0.2, 0.25) is 0 Å². The molecule has 0 saturated carbocycles. The van der Waals surface area contributed by atoms with E-state index in [-0.39, 0.29) is 18.4 Å². The molecule has 8 nitrogen and oxygen atoms in total. The Balaban J connectivity index is 1.41. The van der Waals surface area contributed by atoms with E-state index in [1.165, 1.54) is 0 Å². The second kappa shape index (κ2) is 9.69. The lowest BCUT2D eigenvalue weighted by Crippen LogP contribution is -2.49. The van der Waals surface area contributed by atoms with Crippen molar-refractivity contribution in [3.05, 3.63) is 46.2 Å². The van der Waals surface area contributed by atoms with Gasteiger partial charge in [-0.25, -0.2) is 14.8 Å². The SMILES string of the molecule is Cc1cc(Br)cc(C)c1NC(=O)NCCC(=O)N1CCN(c2ncccn2)CC1. The van der Waals surface area contributed by atoms with Crippen LogP contribution in [0.25, 0.3) is 0 Å². The first kappa shape index (κ1) is 21.0. The molecule has 1 aliphatic heterocycles. The van der Waals surface area contributed by atoms with E-state index in [1.807, 2.05) is 30.9 Å². The van der Waals surface area contributed by atoms with E-state index in [2.05, 4.69) is 41.4 Å². The summed E-state index contributed by atoms with van der Waals surface area (Å²) in [6.45, 7) is 6.83. The molecule has 1 aromatic carbocycles. The third kappa shape index (κ3) is 5.66. The van der Waals surface area contributed by atoms with Crippen LogP contribution in [0.5, 0.6) is 0 Å². The van der Waals surface area contributed by atoms with E-state index in [1.54, 1.807) is 18.5 Å². The van der Waals surface area contributed by atoms with Gasteiger partial charge >= 0.3 is 6.03 Å². The van der Waals surface area contributed by atoms with Gasteiger partial charge in [0.15, 0.2) is 0 Å². The highest BCUT2D eigenvalue weighted by Crippen LogP contribution is 2.24. The Kier molecular flexibility index (Phi) is 7.03. The number of urea groups is 1. The number of carbonyl (C=O) groups is 2. The normalized spacial score (nSPS) is 13.9. The van der Waals surface area contributed by atoms with Gasteiger partial charge in [0.05, 0.1) is 0 Å². The number of aryl methyl sites for hydroxylation is 2. The van der Waals surface area contributed by atoms with Gasteiger partial charge in [0, 0.05) is 61.7 Å². The molecular formula is C20H25BrN6O2. The Morgan fingerprint density at radius 1 is 1.07 bits per heavy atom. The third-order valence-electron chi connectivity index (χ3n) is 4.83. The van der Waals surface area contributed by atoms with Crippen LogP contribution in [-0.4, -0.2) is 59.5 Å². The number of halogens is 1. The van der Waals surface area contributed by atoms with E-state index in [0.717, 1.165) is 21.3 Å². The Hall–Kier alpha value is -2.68. The summed E-state index contributed by atoms with van der Waals surface area (Å²) in [5, 5.41) is 5.63. The lowest BCUT2D eigenvalue weighted by Gasteiger charge is -2.34. The number of nitrogens with zero attached hydrogens (tertiary/aromatic N) is 4. The molecule has 0 bridgehead atoms. The minimum atomic E-state index is -0.308. The second-order valence-electron chi connectivity index (χ2n) is 6.96. The quantitative estimate of drug-likeness (QED) is 0.715. The molecule has 0 unspecified atom stereocenters. The van der Waals surface area contributed by atoms with Crippen molar-refractivity contribution < 1.29 is 9.59 Å². The number of rotatable bonds is 5. The van der Waals surface area contributed by atoms with Gasteiger partial charge in [-0.05, 0) is 43.2 Å². The summed E-state index contributed by atoms with van der Waals surface area (Å²) in [5.41, 5.74) is 2.74. The van der Waals surface area contributed by atoms with Crippen LogP contribution < -0.4 is 15.5 Å². The van der Waals surface area contributed by atoms with E-state index in [9.17, 15) is 9.59 Å². The summed E-state index contributed by atoms with van der Waals surface area (Å²) in [5.74, 6) is 0.728. The van der Waals surface area contributed by atoms with Crippen molar-refractivity contribution in [1.82, 2.24) is 20.2 Å². The number of amides is 3. The zero-order chi connectivity index (χ0) is 20.8. The minimum absolute atomic E-state index is 0.0370. The van der Waals surface area contributed by atoms with Gasteiger partial charge in [-0.3, -0.25) is 4.79 Å². The molecule has 29 heavy (non-hydrogen) atoms. The minimum Gasteiger partial charge on any atom is -0.339 e. The summed E-state index contributed by atoms with van der Waals surface area (Å²) in [6, 6.07) is 5.38. The smallest absolute Gasteiger partial charge is 0.319 e. The van der Waals surface area contributed by atoms with Crippen molar-refractivity contribution in [2.45, 2.75) is 20.3 Å². The number of hydrogen-bond acceptors (Lipinski definition) is 5. The molecule has 0 spiro atoms. The molecule has 1 aromatic heterocycles. The van der Waals surface area contributed by atoms with Gasteiger partial charge < -0.3 is 20.4 Å². The maximum atomic E-state index is 12.4. The van der Waals surface area contributed by atoms with Crippen LogP contribution in [0.3, 0.4) is 0 Å². The highest BCUT2D eigenvalue weighted by molar-refractivity contribution is 9.10. The molecule has 154 valence electrons. The Morgan fingerprint density at radius 2 is 1.69 bits per heavy atom. The van der Waals surface area contributed by atoms with Crippen LogP contribution >= 0.6 is 15.9 Å². The highest BCUT2D eigenvalue weighted by Gasteiger charge is 2.22. The van der Waals surface area contributed by atoms with Crippen molar-refractivity contribution >= 4 is 39.5 Å². The summed E-state index contributed by atoms with van der Waals surface area (Å²) in [4.78, 5) is 37.0. The number of aromatic nitrogens is 2. The second-order valence-corrected chi connectivity index (χ2v) is 7.88. The molecule has 2 heterocycles. The molecule has 3 amide bonds. The molecule has 0 atom stereocenters. The number of anilines is 2. The monoisotopic (exact) mass is 460 g/mol. The van der Waals surface area contributed by atoms with Gasteiger partial charge in [-0.1, -0.05) is 15.9 Å². The molecule has 1 aliphatic rings. The summed E-state index contributed by atoms with van der Waals surface area (Å²) in [6.07, 6.45) is 3.70. The molecule has 1 saturated heterocycles. The number of carbonyl (C=O) groups excluding carboxylic acids is 2.